The number of aliphatic hydroxyl groups excluding tert-OH is 7. The molecule has 0 aliphatic carbocycles. The lowest BCUT2D eigenvalue weighted by Crippen LogP contribution is -2.65. The molecule has 0 aromatic carbocycles. The molecule has 26 heavy (non-hydrogen) atoms. The Balaban J connectivity index is 2.98. The molecule has 9 atom stereocenters. The van der Waals surface area contributed by atoms with Crippen molar-refractivity contribution in [2.75, 3.05) is 13.2 Å². The number of carbonyl (C=O) groups excluding carboxylic acids is 2. The van der Waals surface area contributed by atoms with Crippen LogP contribution in [0.2, 0.25) is 0 Å². The fraction of sp³-hybridized carbons (Fsp3) is 0.857. The van der Waals surface area contributed by atoms with E-state index in [1.807, 2.05) is 0 Å². The number of aliphatic hydroxyl groups is 7. The molecule has 1 heterocycles. The van der Waals surface area contributed by atoms with Crippen LogP contribution in [0.15, 0.2) is 0 Å². The maximum atomic E-state index is 11.3. The molecule has 0 saturated carbocycles. The van der Waals surface area contributed by atoms with Crippen LogP contribution in [-0.2, 0) is 19.1 Å². The molecule has 0 spiro atoms. The molecule has 1 amide bonds. The highest BCUT2D eigenvalue weighted by molar-refractivity contribution is 5.73. The smallest absolute Gasteiger partial charge is 0.217 e. The summed E-state index contributed by atoms with van der Waals surface area (Å²) in [5.41, 5.74) is 0. The van der Waals surface area contributed by atoms with E-state index < -0.39 is 74.2 Å². The van der Waals surface area contributed by atoms with Gasteiger partial charge in [0.2, 0.25) is 5.91 Å². The molecule has 1 aliphatic heterocycles. The first-order valence-electron chi connectivity index (χ1n) is 7.83. The van der Waals surface area contributed by atoms with Gasteiger partial charge in [-0.05, 0) is 0 Å². The van der Waals surface area contributed by atoms with E-state index in [1.165, 1.54) is 0 Å². The van der Waals surface area contributed by atoms with E-state index in [9.17, 15) is 40.2 Å². The molecular weight excluding hydrogens is 358 g/mol. The van der Waals surface area contributed by atoms with E-state index in [2.05, 4.69) is 5.32 Å². The van der Waals surface area contributed by atoms with Crippen molar-refractivity contribution in [3.8, 4) is 0 Å². The van der Waals surface area contributed by atoms with E-state index in [0.29, 0.717) is 0 Å². The topological polar surface area (TPSA) is 206 Å². The molecule has 8 N–H and O–H groups in total. The van der Waals surface area contributed by atoms with Crippen molar-refractivity contribution in [3.63, 3.8) is 0 Å². The monoisotopic (exact) mass is 383 g/mol. The number of ether oxygens (including phenoxy) is 2. The molecular formula is C14H25NO11. The molecule has 0 bridgehead atoms. The van der Waals surface area contributed by atoms with Crippen molar-refractivity contribution in [2.45, 2.75) is 62.0 Å². The normalized spacial score (nSPS) is 33.8. The van der Waals surface area contributed by atoms with Gasteiger partial charge in [0.1, 0.15) is 48.8 Å². The predicted molar refractivity (Wildman–Crippen MR) is 81.4 cm³/mol. The number of hydrogen-bond acceptors (Lipinski definition) is 11. The van der Waals surface area contributed by atoms with Gasteiger partial charge in [0, 0.05) is 6.92 Å². The first kappa shape index (κ1) is 22.8. The third kappa shape index (κ3) is 5.39. The molecule has 1 saturated heterocycles. The number of carbonyl (C=O) groups is 2. The van der Waals surface area contributed by atoms with E-state index in [0.717, 1.165) is 6.92 Å². The predicted octanol–water partition coefficient (Wildman–Crippen LogP) is -5.41. The van der Waals surface area contributed by atoms with Crippen molar-refractivity contribution in [3.05, 3.63) is 0 Å². The van der Waals surface area contributed by atoms with Gasteiger partial charge in [0.25, 0.3) is 0 Å². The lowest BCUT2D eigenvalue weighted by atomic mass is 9.96. The summed E-state index contributed by atoms with van der Waals surface area (Å²) in [4.78, 5) is 22.5. The highest BCUT2D eigenvalue weighted by atomic mass is 16.7. The van der Waals surface area contributed by atoms with Gasteiger partial charge >= 0.3 is 0 Å². The summed E-state index contributed by atoms with van der Waals surface area (Å²) < 4.78 is 10.4. The third-order valence-electron chi connectivity index (χ3n) is 3.94. The maximum Gasteiger partial charge on any atom is 0.217 e. The molecule has 0 aromatic rings. The van der Waals surface area contributed by atoms with E-state index >= 15 is 0 Å². The Labute approximate surface area is 148 Å². The van der Waals surface area contributed by atoms with E-state index in [-0.39, 0.29) is 6.29 Å². The Bertz CT molecular complexity index is 464. The molecule has 9 unspecified atom stereocenters. The zero-order valence-corrected chi connectivity index (χ0v) is 14.0. The van der Waals surface area contributed by atoms with Gasteiger partial charge in [-0.25, -0.2) is 0 Å². The average molecular weight is 383 g/mol. The second-order valence-electron chi connectivity index (χ2n) is 5.90. The summed E-state index contributed by atoms with van der Waals surface area (Å²) >= 11 is 0. The first-order valence-corrected chi connectivity index (χ1v) is 7.83. The lowest BCUT2D eigenvalue weighted by Gasteiger charge is -2.43. The highest BCUT2D eigenvalue weighted by Gasteiger charge is 2.47. The van der Waals surface area contributed by atoms with Crippen molar-refractivity contribution in [1.82, 2.24) is 5.32 Å². The number of hydrogen-bond donors (Lipinski definition) is 8. The van der Waals surface area contributed by atoms with Gasteiger partial charge in [-0.1, -0.05) is 0 Å². The van der Waals surface area contributed by atoms with Crippen LogP contribution in [-0.4, -0.2) is 116 Å². The van der Waals surface area contributed by atoms with Crippen LogP contribution in [0.1, 0.15) is 6.92 Å². The van der Waals surface area contributed by atoms with Crippen molar-refractivity contribution in [1.29, 1.82) is 0 Å². The number of amides is 1. The number of rotatable bonds is 9. The van der Waals surface area contributed by atoms with Crippen LogP contribution in [0.3, 0.4) is 0 Å². The molecule has 152 valence electrons. The van der Waals surface area contributed by atoms with Crippen LogP contribution in [0, 0.1) is 0 Å². The van der Waals surface area contributed by atoms with E-state index in [4.69, 9.17) is 14.6 Å². The van der Waals surface area contributed by atoms with Crippen LogP contribution < -0.4 is 5.32 Å². The zero-order valence-electron chi connectivity index (χ0n) is 14.0. The Hall–Kier alpha value is -1.22. The van der Waals surface area contributed by atoms with Gasteiger partial charge in [0.05, 0.1) is 13.2 Å². The summed E-state index contributed by atoms with van der Waals surface area (Å²) in [5, 5.41) is 69.2. The summed E-state index contributed by atoms with van der Waals surface area (Å²) in [6, 6.07) is -1.36. The minimum absolute atomic E-state index is 0.0809. The SMILES string of the molecule is CC(=O)NC1C(OC(C=O)C(O)C(O)C(O)CO)OC(CO)C(O)C1O. The minimum Gasteiger partial charge on any atom is -0.394 e. The first-order chi connectivity index (χ1) is 12.2. The molecule has 0 aromatic heterocycles. The molecule has 12 heteroatoms. The maximum absolute atomic E-state index is 11.3. The summed E-state index contributed by atoms with van der Waals surface area (Å²) in [6.07, 6.45) is -13.5. The van der Waals surface area contributed by atoms with Gasteiger partial charge in [0.15, 0.2) is 12.6 Å². The third-order valence-corrected chi connectivity index (χ3v) is 3.94. The fourth-order valence-electron chi connectivity index (χ4n) is 2.46. The van der Waals surface area contributed by atoms with Crippen LogP contribution in [0.25, 0.3) is 0 Å². The Morgan fingerprint density at radius 3 is 2.27 bits per heavy atom. The minimum atomic E-state index is -1.98. The van der Waals surface area contributed by atoms with Gasteiger partial charge in [-0.3, -0.25) is 4.79 Å². The standard InChI is InChI=1S/C14H25NO11/c1-5(19)15-9-13(24)12(23)8(4-18)26-14(9)25-7(3-17)11(22)10(21)6(20)2-16/h3,6-14,16,18,20-24H,2,4H2,1H3,(H,15,19). The summed E-state index contributed by atoms with van der Waals surface area (Å²) in [6.45, 7) is -0.498. The Kier molecular flexibility index (Phi) is 8.95. The average Bonchev–Trinajstić information content (AvgIpc) is 2.62. The summed E-state index contributed by atoms with van der Waals surface area (Å²) in [7, 11) is 0. The fourth-order valence-corrected chi connectivity index (χ4v) is 2.46. The summed E-state index contributed by atoms with van der Waals surface area (Å²) in [5.74, 6) is -0.625. The highest BCUT2D eigenvalue weighted by Crippen LogP contribution is 2.24. The zero-order chi connectivity index (χ0) is 20.0. The quantitative estimate of drug-likeness (QED) is 0.176. The lowest BCUT2D eigenvalue weighted by molar-refractivity contribution is -0.287. The molecule has 12 nitrogen and oxygen atoms in total. The van der Waals surface area contributed by atoms with Crippen molar-refractivity contribution < 1.29 is 54.8 Å². The molecule has 1 aliphatic rings. The van der Waals surface area contributed by atoms with Crippen molar-refractivity contribution in [2.24, 2.45) is 0 Å². The molecule has 1 rings (SSSR count). The number of aldehydes is 1. The van der Waals surface area contributed by atoms with Gasteiger partial charge in [-0.15, -0.1) is 0 Å². The largest absolute Gasteiger partial charge is 0.394 e. The van der Waals surface area contributed by atoms with Crippen molar-refractivity contribution >= 4 is 12.2 Å². The Morgan fingerprint density at radius 2 is 1.81 bits per heavy atom. The second kappa shape index (κ2) is 10.2. The second-order valence-corrected chi connectivity index (χ2v) is 5.90. The van der Waals surface area contributed by atoms with Gasteiger partial charge in [-0.2, -0.15) is 0 Å². The van der Waals surface area contributed by atoms with E-state index in [1.54, 1.807) is 0 Å². The molecule has 1 fully saturated rings. The Morgan fingerprint density at radius 1 is 1.19 bits per heavy atom. The van der Waals surface area contributed by atoms with Crippen LogP contribution in [0.4, 0.5) is 0 Å². The van der Waals surface area contributed by atoms with Gasteiger partial charge < -0.3 is 55.3 Å². The van der Waals surface area contributed by atoms with Crippen LogP contribution >= 0.6 is 0 Å². The van der Waals surface area contributed by atoms with Crippen LogP contribution in [0.5, 0.6) is 0 Å². The number of nitrogens with one attached hydrogen (secondary N) is 1. The molecule has 0 radical (unpaired) electrons.